The maximum Gasteiger partial charge on any atom is 0.252 e. The van der Waals surface area contributed by atoms with Crippen LogP contribution in [-0.4, -0.2) is 51.3 Å². The fourth-order valence-corrected chi connectivity index (χ4v) is 3.51. The molecule has 2 aromatic rings. The van der Waals surface area contributed by atoms with E-state index in [-0.39, 0.29) is 11.3 Å². The number of hydrogen-bond donors (Lipinski definition) is 2. The maximum absolute atomic E-state index is 12.6. The van der Waals surface area contributed by atoms with E-state index in [2.05, 4.69) is 15.6 Å². The normalized spacial score (nSPS) is 15.9. The summed E-state index contributed by atoms with van der Waals surface area (Å²) in [7, 11) is 3.68. The molecule has 1 aromatic carbocycles. The van der Waals surface area contributed by atoms with Crippen molar-refractivity contribution in [3.8, 4) is 0 Å². The number of piperidine rings is 1. The SMILES string of the molecule is COCC1(CNC(=O)c2ccc(N(C)c3ccccc3)nc2)CCNCC1. The Kier molecular flexibility index (Phi) is 6.42. The van der Waals surface area contributed by atoms with E-state index in [9.17, 15) is 4.79 Å². The Hall–Kier alpha value is -2.44. The van der Waals surface area contributed by atoms with Crippen LogP contribution in [0, 0.1) is 5.41 Å². The average molecular weight is 368 g/mol. The van der Waals surface area contributed by atoms with Gasteiger partial charge in [-0.3, -0.25) is 4.79 Å². The van der Waals surface area contributed by atoms with Crippen LogP contribution in [0.4, 0.5) is 11.5 Å². The molecule has 2 heterocycles. The molecule has 0 bridgehead atoms. The van der Waals surface area contributed by atoms with Crippen LogP contribution >= 0.6 is 0 Å². The number of hydrogen-bond acceptors (Lipinski definition) is 5. The molecule has 0 saturated carbocycles. The first-order valence-corrected chi connectivity index (χ1v) is 9.36. The predicted molar refractivity (Wildman–Crippen MR) is 107 cm³/mol. The molecule has 1 fully saturated rings. The highest BCUT2D eigenvalue weighted by molar-refractivity contribution is 5.94. The molecule has 6 nitrogen and oxygen atoms in total. The molecular formula is C21H28N4O2. The van der Waals surface area contributed by atoms with Gasteiger partial charge in [-0.25, -0.2) is 4.98 Å². The number of pyridine rings is 1. The highest BCUT2D eigenvalue weighted by Gasteiger charge is 2.32. The van der Waals surface area contributed by atoms with E-state index >= 15 is 0 Å². The lowest BCUT2D eigenvalue weighted by atomic mass is 9.79. The van der Waals surface area contributed by atoms with Crippen molar-refractivity contribution in [1.82, 2.24) is 15.6 Å². The molecule has 2 N–H and O–H groups in total. The number of para-hydroxylation sites is 1. The van der Waals surface area contributed by atoms with E-state index in [1.54, 1.807) is 13.3 Å². The van der Waals surface area contributed by atoms with Gasteiger partial charge in [-0.1, -0.05) is 18.2 Å². The Morgan fingerprint density at radius 2 is 1.96 bits per heavy atom. The van der Waals surface area contributed by atoms with Gasteiger partial charge in [0, 0.05) is 38.0 Å². The van der Waals surface area contributed by atoms with E-state index in [4.69, 9.17) is 4.74 Å². The predicted octanol–water partition coefficient (Wildman–Crippen LogP) is 2.60. The molecule has 1 saturated heterocycles. The highest BCUT2D eigenvalue weighted by atomic mass is 16.5. The number of carbonyl (C=O) groups excluding carboxylic acids is 1. The van der Waals surface area contributed by atoms with Crippen LogP contribution in [0.15, 0.2) is 48.7 Å². The molecule has 0 unspecified atom stereocenters. The molecule has 3 rings (SSSR count). The number of nitrogens with one attached hydrogen (secondary N) is 2. The van der Waals surface area contributed by atoms with Crippen molar-refractivity contribution in [2.75, 3.05) is 45.3 Å². The molecule has 0 radical (unpaired) electrons. The van der Waals surface area contributed by atoms with Crippen LogP contribution in [-0.2, 0) is 4.74 Å². The van der Waals surface area contributed by atoms with Gasteiger partial charge >= 0.3 is 0 Å². The van der Waals surface area contributed by atoms with Gasteiger partial charge in [0.25, 0.3) is 5.91 Å². The molecule has 1 aromatic heterocycles. The number of anilines is 2. The summed E-state index contributed by atoms with van der Waals surface area (Å²) in [5.74, 6) is 0.706. The third kappa shape index (κ3) is 4.84. The van der Waals surface area contributed by atoms with Crippen LogP contribution in [0.3, 0.4) is 0 Å². The Labute approximate surface area is 160 Å². The molecule has 6 heteroatoms. The van der Waals surface area contributed by atoms with Gasteiger partial charge in [0.15, 0.2) is 0 Å². The minimum Gasteiger partial charge on any atom is -0.384 e. The lowest BCUT2D eigenvalue weighted by Crippen LogP contribution is -2.47. The van der Waals surface area contributed by atoms with Crippen molar-refractivity contribution in [2.45, 2.75) is 12.8 Å². The topological polar surface area (TPSA) is 66.5 Å². The fourth-order valence-electron chi connectivity index (χ4n) is 3.51. The largest absolute Gasteiger partial charge is 0.384 e. The molecule has 144 valence electrons. The lowest BCUT2D eigenvalue weighted by Gasteiger charge is -2.37. The molecule has 0 spiro atoms. The highest BCUT2D eigenvalue weighted by Crippen LogP contribution is 2.28. The Balaban J connectivity index is 1.62. The van der Waals surface area contributed by atoms with Crippen LogP contribution in [0.2, 0.25) is 0 Å². The van der Waals surface area contributed by atoms with Crippen molar-refractivity contribution in [3.05, 3.63) is 54.2 Å². The first kappa shape index (κ1) is 19.3. The van der Waals surface area contributed by atoms with Gasteiger partial charge in [-0.15, -0.1) is 0 Å². The number of aromatic nitrogens is 1. The average Bonchev–Trinajstić information content (AvgIpc) is 2.73. The quantitative estimate of drug-likeness (QED) is 0.786. The van der Waals surface area contributed by atoms with Gasteiger partial charge in [-0.2, -0.15) is 0 Å². The molecule has 27 heavy (non-hydrogen) atoms. The summed E-state index contributed by atoms with van der Waals surface area (Å²) in [5.41, 5.74) is 1.63. The van der Waals surface area contributed by atoms with Gasteiger partial charge in [0.05, 0.1) is 12.2 Å². The summed E-state index contributed by atoms with van der Waals surface area (Å²) in [6.45, 7) is 3.20. The first-order valence-electron chi connectivity index (χ1n) is 9.36. The molecule has 1 amide bonds. The minimum atomic E-state index is -0.0922. The molecule has 0 atom stereocenters. The second-order valence-electron chi connectivity index (χ2n) is 7.17. The number of benzene rings is 1. The first-order chi connectivity index (χ1) is 13.1. The van der Waals surface area contributed by atoms with E-state index in [0.29, 0.717) is 18.7 Å². The molecule has 1 aliphatic rings. The number of ether oxygens (including phenoxy) is 1. The summed E-state index contributed by atoms with van der Waals surface area (Å²) in [6, 6.07) is 13.7. The molecular weight excluding hydrogens is 340 g/mol. The zero-order valence-electron chi connectivity index (χ0n) is 16.1. The second-order valence-corrected chi connectivity index (χ2v) is 7.17. The zero-order valence-corrected chi connectivity index (χ0v) is 16.1. The van der Waals surface area contributed by atoms with Crippen molar-refractivity contribution < 1.29 is 9.53 Å². The van der Waals surface area contributed by atoms with Crippen molar-refractivity contribution >= 4 is 17.4 Å². The molecule has 1 aliphatic heterocycles. The number of methoxy groups -OCH3 is 1. The fraction of sp³-hybridized carbons (Fsp3) is 0.429. The van der Waals surface area contributed by atoms with Crippen LogP contribution in [0.25, 0.3) is 0 Å². The Morgan fingerprint density at radius 3 is 2.59 bits per heavy atom. The van der Waals surface area contributed by atoms with Gasteiger partial charge in [-0.05, 0) is 50.2 Å². The summed E-state index contributed by atoms with van der Waals surface area (Å²) >= 11 is 0. The number of carbonyl (C=O) groups is 1. The summed E-state index contributed by atoms with van der Waals surface area (Å²) in [4.78, 5) is 19.0. The number of rotatable bonds is 7. The summed E-state index contributed by atoms with van der Waals surface area (Å²) < 4.78 is 5.41. The zero-order chi connectivity index (χ0) is 19.1. The van der Waals surface area contributed by atoms with Crippen LogP contribution < -0.4 is 15.5 Å². The van der Waals surface area contributed by atoms with Crippen molar-refractivity contribution in [2.24, 2.45) is 5.41 Å². The third-order valence-electron chi connectivity index (χ3n) is 5.24. The summed E-state index contributed by atoms with van der Waals surface area (Å²) in [6.07, 6.45) is 3.63. The molecule has 0 aliphatic carbocycles. The minimum absolute atomic E-state index is 0.0105. The smallest absolute Gasteiger partial charge is 0.252 e. The lowest BCUT2D eigenvalue weighted by molar-refractivity contribution is 0.0511. The Bertz CT molecular complexity index is 722. The van der Waals surface area contributed by atoms with E-state index in [0.717, 1.165) is 37.4 Å². The van der Waals surface area contributed by atoms with E-state index in [1.807, 2.05) is 54.4 Å². The second kappa shape index (κ2) is 8.97. The van der Waals surface area contributed by atoms with Gasteiger partial charge in [0.2, 0.25) is 0 Å². The summed E-state index contributed by atoms with van der Waals surface area (Å²) in [5, 5.41) is 6.44. The number of nitrogens with zero attached hydrogens (tertiary/aromatic N) is 2. The monoisotopic (exact) mass is 368 g/mol. The Morgan fingerprint density at radius 1 is 1.22 bits per heavy atom. The van der Waals surface area contributed by atoms with Crippen LogP contribution in [0.1, 0.15) is 23.2 Å². The van der Waals surface area contributed by atoms with Crippen molar-refractivity contribution in [1.29, 1.82) is 0 Å². The standard InChI is InChI=1S/C21H28N4O2/c1-25(18-6-4-3-5-7-18)19-9-8-17(14-23-19)20(26)24-15-21(16-27-2)10-12-22-13-11-21/h3-9,14,22H,10-13,15-16H2,1-2H3,(H,24,26). The van der Waals surface area contributed by atoms with Gasteiger partial charge in [0.1, 0.15) is 5.82 Å². The van der Waals surface area contributed by atoms with E-state index in [1.165, 1.54) is 0 Å². The van der Waals surface area contributed by atoms with Crippen LogP contribution in [0.5, 0.6) is 0 Å². The third-order valence-corrected chi connectivity index (χ3v) is 5.24. The van der Waals surface area contributed by atoms with Gasteiger partial charge < -0.3 is 20.3 Å². The van der Waals surface area contributed by atoms with E-state index < -0.39 is 0 Å². The van der Waals surface area contributed by atoms with Crippen molar-refractivity contribution in [3.63, 3.8) is 0 Å². The number of amides is 1. The maximum atomic E-state index is 12.6.